The molecule has 1 aromatic rings. The van der Waals surface area contributed by atoms with Gasteiger partial charge in [0.05, 0.1) is 11.0 Å². The van der Waals surface area contributed by atoms with Crippen LogP contribution >= 0.6 is 11.3 Å². The van der Waals surface area contributed by atoms with Gasteiger partial charge in [-0.25, -0.2) is 0 Å². The minimum Gasteiger partial charge on any atom is -0.404 e. The maximum atomic E-state index is 13.7. The second-order valence-corrected chi connectivity index (χ2v) is 10.4. The smallest absolute Gasteiger partial charge is 0.262 e. The summed E-state index contributed by atoms with van der Waals surface area (Å²) in [5, 5.41) is 3.03. The van der Waals surface area contributed by atoms with Gasteiger partial charge >= 0.3 is 0 Å². The lowest BCUT2D eigenvalue weighted by molar-refractivity contribution is -0.139. The number of nitrogens with zero attached hydrogens (tertiary/aromatic N) is 1. The summed E-state index contributed by atoms with van der Waals surface area (Å²) in [5.74, 6) is -0.431. The van der Waals surface area contributed by atoms with Crippen LogP contribution in [0.5, 0.6) is 0 Å². The van der Waals surface area contributed by atoms with Crippen LogP contribution in [0.4, 0.5) is 0 Å². The van der Waals surface area contributed by atoms with E-state index in [-0.39, 0.29) is 36.2 Å². The molecule has 1 unspecified atom stereocenters. The highest BCUT2D eigenvalue weighted by atomic mass is 32.1. The summed E-state index contributed by atoms with van der Waals surface area (Å²) in [7, 11) is 0. The van der Waals surface area contributed by atoms with Gasteiger partial charge in [0.2, 0.25) is 5.91 Å². The number of fused-ring (bicyclic) bond motifs is 1. The zero-order chi connectivity index (χ0) is 24.2. The number of hydrogen-bond acceptors (Lipinski definition) is 7. The third-order valence-electron chi connectivity index (χ3n) is 7.11. The van der Waals surface area contributed by atoms with Gasteiger partial charge in [0, 0.05) is 28.9 Å². The number of rotatable bonds is 7. The summed E-state index contributed by atoms with van der Waals surface area (Å²) in [4.78, 5) is 42.3. The lowest BCUT2D eigenvalue weighted by atomic mass is 9.83. The summed E-state index contributed by atoms with van der Waals surface area (Å²) in [6.45, 7) is 2.51. The Morgan fingerprint density at radius 1 is 1.24 bits per heavy atom. The molecule has 0 aromatic carbocycles. The van der Waals surface area contributed by atoms with Crippen molar-refractivity contribution >= 4 is 34.5 Å². The van der Waals surface area contributed by atoms with E-state index in [4.69, 9.17) is 16.2 Å². The molecule has 5 N–H and O–H groups in total. The second-order valence-electron chi connectivity index (χ2n) is 9.29. The molecule has 1 aliphatic carbocycles. The van der Waals surface area contributed by atoms with E-state index in [0.29, 0.717) is 30.0 Å². The molecule has 0 radical (unpaired) electrons. The van der Waals surface area contributed by atoms with Crippen molar-refractivity contribution in [3.05, 3.63) is 39.9 Å². The number of likely N-dealkylation sites (tertiary alicyclic amines) is 1. The lowest BCUT2D eigenvalue weighted by Gasteiger charge is -2.34. The Kier molecular flexibility index (Phi) is 7.73. The van der Waals surface area contributed by atoms with Crippen LogP contribution in [-0.2, 0) is 14.3 Å². The minimum atomic E-state index is -0.648. The Bertz CT molecular complexity index is 995. The molecule has 0 bridgehead atoms. The van der Waals surface area contributed by atoms with E-state index in [1.165, 1.54) is 17.5 Å². The number of ketones is 1. The number of carbonyl (C=O) groups excluding carboxylic acids is 3. The van der Waals surface area contributed by atoms with E-state index in [2.05, 4.69) is 5.32 Å². The number of allylic oxidation sites excluding steroid dienone is 3. The van der Waals surface area contributed by atoms with Gasteiger partial charge in [-0.2, -0.15) is 0 Å². The van der Waals surface area contributed by atoms with Crippen LogP contribution in [0.3, 0.4) is 0 Å². The molecule has 3 atom stereocenters. The number of Topliss-reactive ketones (excluding diaryl/α,β-unsaturated/α-hetero) is 1. The van der Waals surface area contributed by atoms with E-state index in [9.17, 15) is 14.4 Å². The zero-order valence-corrected chi connectivity index (χ0v) is 20.4. The molecule has 184 valence electrons. The highest BCUT2D eigenvalue weighted by Gasteiger charge is 2.49. The van der Waals surface area contributed by atoms with Crippen molar-refractivity contribution in [2.24, 2.45) is 17.4 Å². The topological polar surface area (TPSA) is 128 Å². The third kappa shape index (κ3) is 5.05. The number of nitrogens with one attached hydrogen (secondary N) is 1. The van der Waals surface area contributed by atoms with Crippen LogP contribution in [-0.4, -0.2) is 53.8 Å². The lowest BCUT2D eigenvalue weighted by Crippen LogP contribution is -2.55. The minimum absolute atomic E-state index is 0.0482. The fraction of sp³-hybridized carbons (Fsp3) is 0.560. The van der Waals surface area contributed by atoms with Gasteiger partial charge in [0.15, 0.2) is 5.78 Å². The first kappa shape index (κ1) is 24.5. The van der Waals surface area contributed by atoms with Crippen molar-refractivity contribution < 1.29 is 19.1 Å². The number of nitrogens with two attached hydrogens (primary N) is 2. The van der Waals surface area contributed by atoms with Gasteiger partial charge in [-0.15, -0.1) is 11.3 Å². The first-order valence-corrected chi connectivity index (χ1v) is 13.0. The van der Waals surface area contributed by atoms with Gasteiger partial charge in [-0.3, -0.25) is 14.4 Å². The predicted octanol–water partition coefficient (Wildman–Crippen LogP) is 2.55. The first-order chi connectivity index (χ1) is 16.4. The van der Waals surface area contributed by atoms with Crippen LogP contribution in [0.25, 0.3) is 5.57 Å². The Balaban J connectivity index is 1.53. The van der Waals surface area contributed by atoms with Gasteiger partial charge in [0.25, 0.3) is 5.91 Å². The second kappa shape index (κ2) is 10.7. The fourth-order valence-electron chi connectivity index (χ4n) is 5.20. The van der Waals surface area contributed by atoms with Crippen molar-refractivity contribution in [3.63, 3.8) is 0 Å². The Morgan fingerprint density at radius 3 is 2.68 bits per heavy atom. The molecule has 2 amide bonds. The number of ether oxygens (including phenoxy) is 1. The van der Waals surface area contributed by atoms with Gasteiger partial charge < -0.3 is 26.4 Å². The van der Waals surface area contributed by atoms with Crippen molar-refractivity contribution in [3.8, 4) is 0 Å². The van der Waals surface area contributed by atoms with Crippen LogP contribution in [0.15, 0.2) is 30.1 Å². The normalized spacial score (nSPS) is 24.9. The molecular formula is C25H34N4O4S. The van der Waals surface area contributed by atoms with Gasteiger partial charge in [-0.1, -0.05) is 26.2 Å². The maximum Gasteiger partial charge on any atom is 0.262 e. The van der Waals surface area contributed by atoms with Gasteiger partial charge in [-0.05, 0) is 49.8 Å². The number of amides is 2. The van der Waals surface area contributed by atoms with E-state index >= 15 is 0 Å². The van der Waals surface area contributed by atoms with Crippen LogP contribution in [0.2, 0.25) is 0 Å². The highest BCUT2D eigenvalue weighted by Crippen LogP contribution is 2.32. The summed E-state index contributed by atoms with van der Waals surface area (Å²) in [6.07, 6.45) is 9.43. The van der Waals surface area contributed by atoms with E-state index < -0.39 is 12.1 Å². The molecule has 3 heterocycles. The summed E-state index contributed by atoms with van der Waals surface area (Å²) >= 11 is 1.32. The molecule has 4 rings (SSSR count). The standard InChI is InChI=1S/C25H34N4O4S/c1-2-17(27)12-16(13-26)20-8-9-21(34-20)24(31)28-22(15-6-4-3-5-7-15)25(32)29-11-10-19-23(29)18(30)14-33-19/h8-9,12-13,15,19,22-23H,2-7,10-11,14,26-27H2,1H3,(H,28,31)/b16-13+,17-12-/t19-,22?,23-/m1/s1. The first-order valence-electron chi connectivity index (χ1n) is 12.2. The van der Waals surface area contributed by atoms with Crippen LogP contribution in [0, 0.1) is 5.92 Å². The SMILES string of the molecule is CC/C(N)=C/C(=C\N)c1ccc(C(=O)NC(C(=O)N2CC[C@H]3OCC(=O)[C@H]32)C2CCCCC2)s1. The Labute approximate surface area is 204 Å². The number of carbonyl (C=O) groups is 3. The quantitative estimate of drug-likeness (QED) is 0.508. The van der Waals surface area contributed by atoms with E-state index in [1.807, 2.05) is 19.1 Å². The Morgan fingerprint density at radius 2 is 1.97 bits per heavy atom. The third-order valence-corrected chi connectivity index (χ3v) is 8.25. The van der Waals surface area contributed by atoms with Crippen LogP contribution in [0.1, 0.15) is 66.4 Å². The van der Waals surface area contributed by atoms with Crippen molar-refractivity contribution in [1.29, 1.82) is 0 Å². The molecule has 2 saturated heterocycles. The molecular weight excluding hydrogens is 452 g/mol. The molecule has 1 aromatic heterocycles. The Hall–Kier alpha value is -2.65. The summed E-state index contributed by atoms with van der Waals surface area (Å²) < 4.78 is 5.56. The van der Waals surface area contributed by atoms with E-state index in [0.717, 1.165) is 42.6 Å². The highest BCUT2D eigenvalue weighted by molar-refractivity contribution is 7.15. The molecule has 9 heteroatoms. The average Bonchev–Trinajstić information content (AvgIpc) is 3.59. The summed E-state index contributed by atoms with van der Waals surface area (Å²) in [5.41, 5.74) is 13.2. The van der Waals surface area contributed by atoms with Crippen molar-refractivity contribution in [1.82, 2.24) is 10.2 Å². The maximum absolute atomic E-state index is 13.7. The monoisotopic (exact) mass is 486 g/mol. The predicted molar refractivity (Wildman–Crippen MR) is 132 cm³/mol. The summed E-state index contributed by atoms with van der Waals surface area (Å²) in [6, 6.07) is 2.43. The molecule has 3 fully saturated rings. The average molecular weight is 487 g/mol. The molecule has 8 nitrogen and oxygen atoms in total. The van der Waals surface area contributed by atoms with Crippen LogP contribution < -0.4 is 16.8 Å². The molecule has 3 aliphatic rings. The fourth-order valence-corrected chi connectivity index (χ4v) is 6.10. The van der Waals surface area contributed by atoms with E-state index in [1.54, 1.807) is 11.0 Å². The van der Waals surface area contributed by atoms with Gasteiger partial charge in [0.1, 0.15) is 18.7 Å². The zero-order valence-electron chi connectivity index (χ0n) is 19.6. The molecule has 2 aliphatic heterocycles. The molecule has 1 saturated carbocycles. The molecule has 0 spiro atoms. The molecule has 34 heavy (non-hydrogen) atoms. The van der Waals surface area contributed by atoms with Crippen molar-refractivity contribution in [2.75, 3.05) is 13.2 Å². The number of hydrogen-bond donors (Lipinski definition) is 3. The number of thiophene rings is 1. The van der Waals surface area contributed by atoms with Crippen molar-refractivity contribution in [2.45, 2.75) is 70.1 Å². The largest absolute Gasteiger partial charge is 0.404 e.